The van der Waals surface area contributed by atoms with E-state index in [1.165, 1.54) is 12.7 Å². The number of hydrogen-bond donors (Lipinski definition) is 1. The Balaban J connectivity index is 1.92. The number of carbonyl (C=O) groups excluding carboxylic acids is 1. The highest BCUT2D eigenvalue weighted by Crippen LogP contribution is 2.24. The predicted octanol–water partition coefficient (Wildman–Crippen LogP) is 2.51. The lowest BCUT2D eigenvalue weighted by Crippen LogP contribution is -2.32. The van der Waals surface area contributed by atoms with Gasteiger partial charge < -0.3 is 9.73 Å². The Morgan fingerprint density at radius 1 is 1.53 bits per heavy atom. The van der Waals surface area contributed by atoms with Crippen LogP contribution in [0.15, 0.2) is 16.7 Å². The molecule has 2 atom stereocenters. The number of carbonyl (C=O) groups is 1. The van der Waals surface area contributed by atoms with E-state index in [0.29, 0.717) is 11.6 Å². The van der Waals surface area contributed by atoms with Crippen molar-refractivity contribution in [2.75, 3.05) is 0 Å². The van der Waals surface area contributed by atoms with E-state index in [9.17, 15) is 4.79 Å². The van der Waals surface area contributed by atoms with Gasteiger partial charge in [0.1, 0.15) is 12.0 Å². The van der Waals surface area contributed by atoms with Gasteiger partial charge in [-0.15, -0.1) is 0 Å². The van der Waals surface area contributed by atoms with Crippen molar-refractivity contribution in [3.05, 3.63) is 23.7 Å². The van der Waals surface area contributed by atoms with E-state index in [2.05, 4.69) is 12.2 Å². The predicted molar refractivity (Wildman–Crippen MR) is 57.7 cm³/mol. The second-order valence-corrected chi connectivity index (χ2v) is 4.53. The monoisotopic (exact) mass is 207 g/mol. The summed E-state index contributed by atoms with van der Waals surface area (Å²) in [5.74, 6) is 1.51. The Kier molecular flexibility index (Phi) is 2.80. The summed E-state index contributed by atoms with van der Waals surface area (Å²) in [6.07, 6.45) is 4.94. The van der Waals surface area contributed by atoms with Crippen molar-refractivity contribution in [1.82, 2.24) is 5.32 Å². The zero-order valence-corrected chi connectivity index (χ0v) is 9.25. The van der Waals surface area contributed by atoms with Crippen LogP contribution in [0.2, 0.25) is 0 Å². The molecule has 2 unspecified atom stereocenters. The van der Waals surface area contributed by atoms with E-state index in [-0.39, 0.29) is 5.91 Å². The molecule has 0 saturated heterocycles. The quantitative estimate of drug-likeness (QED) is 0.809. The molecule has 3 heteroatoms. The SMILES string of the molecule is Cc1cc(C(=O)NC2CCC(C)C2)co1. The van der Waals surface area contributed by atoms with Gasteiger partial charge in [0.25, 0.3) is 5.91 Å². The van der Waals surface area contributed by atoms with Crippen LogP contribution in [-0.2, 0) is 0 Å². The third-order valence-electron chi connectivity index (χ3n) is 3.02. The first-order chi connectivity index (χ1) is 7.15. The summed E-state index contributed by atoms with van der Waals surface area (Å²) in [7, 11) is 0. The van der Waals surface area contributed by atoms with Crippen molar-refractivity contribution in [1.29, 1.82) is 0 Å². The summed E-state index contributed by atoms with van der Waals surface area (Å²) in [5, 5.41) is 3.04. The Morgan fingerprint density at radius 2 is 2.33 bits per heavy atom. The Bertz CT molecular complexity index is 356. The van der Waals surface area contributed by atoms with Crippen molar-refractivity contribution in [2.45, 2.75) is 39.2 Å². The van der Waals surface area contributed by atoms with Crippen molar-refractivity contribution in [2.24, 2.45) is 5.92 Å². The molecule has 3 nitrogen and oxygen atoms in total. The number of aryl methyl sites for hydroxylation is 1. The topological polar surface area (TPSA) is 42.2 Å². The zero-order valence-electron chi connectivity index (χ0n) is 9.25. The second kappa shape index (κ2) is 4.09. The van der Waals surface area contributed by atoms with Gasteiger partial charge in [0.15, 0.2) is 0 Å². The van der Waals surface area contributed by atoms with Crippen molar-refractivity contribution >= 4 is 5.91 Å². The molecule has 1 saturated carbocycles. The van der Waals surface area contributed by atoms with Crippen LogP contribution in [0.1, 0.15) is 42.3 Å². The molecule has 0 radical (unpaired) electrons. The molecule has 1 aliphatic carbocycles. The van der Waals surface area contributed by atoms with Crippen LogP contribution in [-0.4, -0.2) is 11.9 Å². The minimum absolute atomic E-state index is 0.00838. The van der Waals surface area contributed by atoms with E-state index >= 15 is 0 Å². The standard InChI is InChI=1S/C12H17NO2/c1-8-3-4-11(5-8)13-12(14)10-6-9(2)15-7-10/h6-8,11H,3-5H2,1-2H3,(H,13,14). The normalized spacial score (nSPS) is 25.5. The van der Waals surface area contributed by atoms with Gasteiger partial charge in [-0.1, -0.05) is 6.92 Å². The molecule has 1 aliphatic rings. The van der Waals surface area contributed by atoms with E-state index in [1.807, 2.05) is 6.92 Å². The fourth-order valence-corrected chi connectivity index (χ4v) is 2.17. The van der Waals surface area contributed by atoms with Gasteiger partial charge in [-0.3, -0.25) is 4.79 Å². The number of furan rings is 1. The maximum Gasteiger partial charge on any atom is 0.254 e. The van der Waals surface area contributed by atoms with Gasteiger partial charge in [0, 0.05) is 6.04 Å². The Hall–Kier alpha value is -1.25. The second-order valence-electron chi connectivity index (χ2n) is 4.53. The van der Waals surface area contributed by atoms with E-state index in [4.69, 9.17) is 4.42 Å². The molecule has 0 spiro atoms. The molecular formula is C12H17NO2. The molecule has 1 aromatic rings. The first kappa shape index (κ1) is 10.3. The molecule has 2 rings (SSSR count). The van der Waals surface area contributed by atoms with Gasteiger partial charge in [0.2, 0.25) is 0 Å². The van der Waals surface area contributed by atoms with Crippen molar-refractivity contribution in [3.63, 3.8) is 0 Å². The van der Waals surface area contributed by atoms with Crippen LogP contribution in [0, 0.1) is 12.8 Å². The van der Waals surface area contributed by atoms with E-state index in [0.717, 1.165) is 24.5 Å². The maximum absolute atomic E-state index is 11.7. The molecule has 1 aromatic heterocycles. The maximum atomic E-state index is 11.7. The first-order valence-corrected chi connectivity index (χ1v) is 5.51. The molecule has 0 bridgehead atoms. The summed E-state index contributed by atoms with van der Waals surface area (Å²) in [6.45, 7) is 4.07. The molecular weight excluding hydrogens is 190 g/mol. The van der Waals surface area contributed by atoms with Crippen molar-refractivity contribution in [3.8, 4) is 0 Å². The smallest absolute Gasteiger partial charge is 0.254 e. The average molecular weight is 207 g/mol. The molecule has 0 aromatic carbocycles. The van der Waals surface area contributed by atoms with Crippen LogP contribution in [0.3, 0.4) is 0 Å². The molecule has 1 heterocycles. The van der Waals surface area contributed by atoms with Crippen LogP contribution in [0.25, 0.3) is 0 Å². The lowest BCUT2D eigenvalue weighted by molar-refractivity contribution is 0.0936. The zero-order chi connectivity index (χ0) is 10.8. The highest BCUT2D eigenvalue weighted by Gasteiger charge is 2.23. The molecule has 1 N–H and O–H groups in total. The summed E-state index contributed by atoms with van der Waals surface area (Å²) in [4.78, 5) is 11.7. The molecule has 82 valence electrons. The minimum Gasteiger partial charge on any atom is -0.469 e. The van der Waals surface area contributed by atoms with Crippen LogP contribution in [0.4, 0.5) is 0 Å². The highest BCUT2D eigenvalue weighted by molar-refractivity contribution is 5.94. The van der Waals surface area contributed by atoms with E-state index < -0.39 is 0 Å². The van der Waals surface area contributed by atoms with Crippen molar-refractivity contribution < 1.29 is 9.21 Å². The van der Waals surface area contributed by atoms with Crippen LogP contribution >= 0.6 is 0 Å². The third-order valence-corrected chi connectivity index (χ3v) is 3.02. The Labute approximate surface area is 89.9 Å². The van der Waals surface area contributed by atoms with Gasteiger partial charge in [-0.05, 0) is 38.2 Å². The minimum atomic E-state index is -0.00838. The fraction of sp³-hybridized carbons (Fsp3) is 0.583. The van der Waals surface area contributed by atoms with Gasteiger partial charge in [-0.25, -0.2) is 0 Å². The first-order valence-electron chi connectivity index (χ1n) is 5.51. The highest BCUT2D eigenvalue weighted by atomic mass is 16.3. The summed E-state index contributed by atoms with van der Waals surface area (Å²) < 4.78 is 5.11. The summed E-state index contributed by atoms with van der Waals surface area (Å²) in [6, 6.07) is 2.12. The largest absolute Gasteiger partial charge is 0.469 e. The Morgan fingerprint density at radius 3 is 2.87 bits per heavy atom. The molecule has 15 heavy (non-hydrogen) atoms. The summed E-state index contributed by atoms with van der Waals surface area (Å²) >= 11 is 0. The molecule has 1 fully saturated rings. The molecule has 0 aliphatic heterocycles. The van der Waals surface area contributed by atoms with Gasteiger partial charge in [0.05, 0.1) is 5.56 Å². The number of amides is 1. The van der Waals surface area contributed by atoms with Crippen LogP contribution in [0.5, 0.6) is 0 Å². The van der Waals surface area contributed by atoms with E-state index in [1.54, 1.807) is 6.07 Å². The summed E-state index contributed by atoms with van der Waals surface area (Å²) in [5.41, 5.74) is 0.632. The van der Waals surface area contributed by atoms with Gasteiger partial charge in [-0.2, -0.15) is 0 Å². The third kappa shape index (κ3) is 2.41. The number of rotatable bonds is 2. The average Bonchev–Trinajstić information content (AvgIpc) is 2.75. The van der Waals surface area contributed by atoms with Gasteiger partial charge >= 0.3 is 0 Å². The molecule has 1 amide bonds. The lowest BCUT2D eigenvalue weighted by atomic mass is 10.1. The fourth-order valence-electron chi connectivity index (χ4n) is 2.17. The number of hydrogen-bond acceptors (Lipinski definition) is 2. The lowest BCUT2D eigenvalue weighted by Gasteiger charge is -2.10. The van der Waals surface area contributed by atoms with Crippen LogP contribution < -0.4 is 5.32 Å². The number of nitrogens with one attached hydrogen (secondary N) is 1.